The molecule has 0 aromatic heterocycles. The van der Waals surface area contributed by atoms with Gasteiger partial charge in [0.1, 0.15) is 0 Å². The van der Waals surface area contributed by atoms with Gasteiger partial charge in [-0.2, -0.15) is 18.3 Å². The molecule has 98 valence electrons. The van der Waals surface area contributed by atoms with Crippen LogP contribution in [0.25, 0.3) is 0 Å². The minimum Gasteiger partial charge on any atom is -0.378 e. The van der Waals surface area contributed by atoms with Crippen LogP contribution in [0.1, 0.15) is 11.1 Å². The maximum absolute atomic E-state index is 12.3. The number of hydrazone groups is 1. The average molecular weight is 258 g/mol. The molecule has 0 atom stereocenters. The van der Waals surface area contributed by atoms with E-state index in [0.29, 0.717) is 31.9 Å². The fourth-order valence-corrected chi connectivity index (χ4v) is 1.58. The summed E-state index contributed by atoms with van der Waals surface area (Å²) in [6.07, 6.45) is -2.73. The van der Waals surface area contributed by atoms with Crippen molar-refractivity contribution in [1.29, 1.82) is 0 Å². The van der Waals surface area contributed by atoms with E-state index in [1.54, 1.807) is 6.21 Å². The standard InChI is InChI=1S/C12H13F3N2O/c13-12(14,15)11-3-1-10(2-4-11)9-16-17-5-7-18-8-6-17/h1-4,9H,5-8H2/b16-9+. The summed E-state index contributed by atoms with van der Waals surface area (Å²) in [5.74, 6) is 0. The average Bonchev–Trinajstić information content (AvgIpc) is 2.37. The Morgan fingerprint density at radius 1 is 1.11 bits per heavy atom. The first kappa shape index (κ1) is 12.9. The van der Waals surface area contributed by atoms with Crippen molar-refractivity contribution in [2.75, 3.05) is 26.3 Å². The van der Waals surface area contributed by atoms with Crippen molar-refractivity contribution >= 4 is 6.21 Å². The van der Waals surface area contributed by atoms with Crippen molar-refractivity contribution in [3.8, 4) is 0 Å². The summed E-state index contributed by atoms with van der Waals surface area (Å²) >= 11 is 0. The maximum atomic E-state index is 12.3. The number of alkyl halides is 3. The van der Waals surface area contributed by atoms with Crippen molar-refractivity contribution in [3.05, 3.63) is 35.4 Å². The van der Waals surface area contributed by atoms with Gasteiger partial charge in [-0.15, -0.1) is 0 Å². The van der Waals surface area contributed by atoms with Gasteiger partial charge >= 0.3 is 6.18 Å². The summed E-state index contributed by atoms with van der Waals surface area (Å²) < 4.78 is 42.2. The Kier molecular flexibility index (Phi) is 3.86. The monoisotopic (exact) mass is 258 g/mol. The van der Waals surface area contributed by atoms with Crippen LogP contribution in [0.4, 0.5) is 13.2 Å². The van der Waals surface area contributed by atoms with Crippen molar-refractivity contribution in [2.24, 2.45) is 5.10 Å². The van der Waals surface area contributed by atoms with Gasteiger partial charge in [0.25, 0.3) is 0 Å². The molecule has 0 radical (unpaired) electrons. The van der Waals surface area contributed by atoms with Gasteiger partial charge < -0.3 is 4.74 Å². The Bertz CT molecular complexity index is 408. The predicted octanol–water partition coefficient (Wildman–Crippen LogP) is 2.37. The molecule has 0 amide bonds. The Balaban J connectivity index is 1.99. The first-order valence-corrected chi connectivity index (χ1v) is 5.59. The van der Waals surface area contributed by atoms with E-state index in [4.69, 9.17) is 4.74 Å². The molecule has 3 nitrogen and oxygen atoms in total. The second-order valence-corrected chi connectivity index (χ2v) is 3.93. The highest BCUT2D eigenvalue weighted by Crippen LogP contribution is 2.28. The zero-order valence-corrected chi connectivity index (χ0v) is 9.65. The van der Waals surface area contributed by atoms with E-state index in [9.17, 15) is 13.2 Å². The second kappa shape index (κ2) is 5.39. The molecule has 0 aliphatic carbocycles. The topological polar surface area (TPSA) is 24.8 Å². The molecule has 0 N–H and O–H groups in total. The molecule has 1 heterocycles. The van der Waals surface area contributed by atoms with Gasteiger partial charge in [0, 0.05) is 0 Å². The minimum atomic E-state index is -4.29. The van der Waals surface area contributed by atoms with Crippen LogP contribution in [0, 0.1) is 0 Å². The van der Waals surface area contributed by atoms with Crippen LogP contribution >= 0.6 is 0 Å². The number of rotatable bonds is 2. The van der Waals surface area contributed by atoms with Gasteiger partial charge in [-0.1, -0.05) is 12.1 Å². The van der Waals surface area contributed by atoms with E-state index < -0.39 is 11.7 Å². The molecule has 2 rings (SSSR count). The van der Waals surface area contributed by atoms with Gasteiger partial charge in [-0.05, 0) is 17.7 Å². The van der Waals surface area contributed by atoms with Crippen LogP contribution < -0.4 is 0 Å². The SMILES string of the molecule is FC(F)(F)c1ccc(/C=N/N2CCOCC2)cc1. The van der Waals surface area contributed by atoms with Crippen molar-refractivity contribution in [1.82, 2.24) is 5.01 Å². The lowest BCUT2D eigenvalue weighted by Crippen LogP contribution is -2.32. The summed E-state index contributed by atoms with van der Waals surface area (Å²) in [7, 11) is 0. The van der Waals surface area contributed by atoms with Crippen LogP contribution in [0.3, 0.4) is 0 Å². The summed E-state index contributed by atoms with van der Waals surface area (Å²) in [6, 6.07) is 4.93. The Hall–Kier alpha value is -1.56. The smallest absolute Gasteiger partial charge is 0.378 e. The van der Waals surface area contributed by atoms with Gasteiger partial charge in [0.05, 0.1) is 38.1 Å². The Morgan fingerprint density at radius 2 is 1.72 bits per heavy atom. The highest BCUT2D eigenvalue weighted by molar-refractivity contribution is 5.79. The van der Waals surface area contributed by atoms with Crippen molar-refractivity contribution in [3.63, 3.8) is 0 Å². The molecule has 0 spiro atoms. The van der Waals surface area contributed by atoms with E-state index in [1.807, 2.05) is 5.01 Å². The quantitative estimate of drug-likeness (QED) is 0.761. The first-order valence-electron chi connectivity index (χ1n) is 5.59. The third-order valence-electron chi connectivity index (χ3n) is 2.60. The van der Waals surface area contributed by atoms with Gasteiger partial charge in [-0.3, -0.25) is 5.01 Å². The number of halogens is 3. The van der Waals surface area contributed by atoms with Crippen molar-refractivity contribution in [2.45, 2.75) is 6.18 Å². The number of morpholine rings is 1. The van der Waals surface area contributed by atoms with E-state index in [2.05, 4.69) is 5.10 Å². The van der Waals surface area contributed by atoms with Crippen LogP contribution in [0.2, 0.25) is 0 Å². The van der Waals surface area contributed by atoms with Crippen LogP contribution in [0.5, 0.6) is 0 Å². The maximum Gasteiger partial charge on any atom is 0.416 e. The van der Waals surface area contributed by atoms with E-state index in [-0.39, 0.29) is 0 Å². The summed E-state index contributed by atoms with van der Waals surface area (Å²) in [6.45, 7) is 2.67. The zero-order valence-electron chi connectivity index (χ0n) is 9.65. The summed E-state index contributed by atoms with van der Waals surface area (Å²) in [4.78, 5) is 0. The highest BCUT2D eigenvalue weighted by Gasteiger charge is 2.29. The van der Waals surface area contributed by atoms with Gasteiger partial charge in [-0.25, -0.2) is 0 Å². The molecule has 0 unspecified atom stereocenters. The largest absolute Gasteiger partial charge is 0.416 e. The predicted molar refractivity (Wildman–Crippen MR) is 61.4 cm³/mol. The lowest BCUT2D eigenvalue weighted by atomic mass is 10.1. The molecular weight excluding hydrogens is 245 g/mol. The zero-order chi connectivity index (χ0) is 13.0. The van der Waals surface area contributed by atoms with Gasteiger partial charge in [0.15, 0.2) is 0 Å². The number of benzene rings is 1. The van der Waals surface area contributed by atoms with Gasteiger partial charge in [0.2, 0.25) is 0 Å². The van der Waals surface area contributed by atoms with Crippen molar-refractivity contribution < 1.29 is 17.9 Å². The lowest BCUT2D eigenvalue weighted by Gasteiger charge is -2.23. The number of hydrogen-bond acceptors (Lipinski definition) is 3. The lowest BCUT2D eigenvalue weighted by molar-refractivity contribution is -0.137. The molecular formula is C12H13F3N2O. The first-order chi connectivity index (χ1) is 8.55. The second-order valence-electron chi connectivity index (χ2n) is 3.93. The van der Waals surface area contributed by atoms with Crippen LogP contribution in [-0.4, -0.2) is 37.5 Å². The molecule has 1 aliphatic heterocycles. The minimum absolute atomic E-state index is 0.629. The Morgan fingerprint density at radius 3 is 2.28 bits per heavy atom. The summed E-state index contributed by atoms with van der Waals surface area (Å²) in [5, 5.41) is 6.03. The van der Waals surface area contributed by atoms with Crippen LogP contribution in [0.15, 0.2) is 29.4 Å². The molecule has 1 fully saturated rings. The highest BCUT2D eigenvalue weighted by atomic mass is 19.4. The van der Waals surface area contributed by atoms with E-state index >= 15 is 0 Å². The fourth-order valence-electron chi connectivity index (χ4n) is 1.58. The fraction of sp³-hybridized carbons (Fsp3) is 0.417. The third-order valence-corrected chi connectivity index (χ3v) is 2.60. The number of ether oxygens (including phenoxy) is 1. The summed E-state index contributed by atoms with van der Waals surface area (Å²) in [5.41, 5.74) is 0.000476. The molecule has 18 heavy (non-hydrogen) atoms. The number of nitrogens with zero attached hydrogens (tertiary/aromatic N) is 2. The molecule has 0 bridgehead atoms. The van der Waals surface area contributed by atoms with E-state index in [1.165, 1.54) is 12.1 Å². The number of hydrogen-bond donors (Lipinski definition) is 0. The molecule has 1 aromatic rings. The molecule has 1 saturated heterocycles. The Labute approximate surface area is 103 Å². The van der Waals surface area contributed by atoms with E-state index in [0.717, 1.165) is 12.1 Å². The normalized spacial score (nSPS) is 17.4. The molecule has 0 saturated carbocycles. The third kappa shape index (κ3) is 3.46. The molecule has 1 aliphatic rings. The molecule has 1 aromatic carbocycles. The van der Waals surface area contributed by atoms with Crippen LogP contribution in [-0.2, 0) is 10.9 Å². The molecule has 6 heteroatoms.